The number of aromatic nitrogens is 4. The maximum absolute atomic E-state index is 9.23. The van der Waals surface area contributed by atoms with Crippen LogP contribution in [0.4, 0.5) is 5.82 Å². The Morgan fingerprint density at radius 3 is 2.61 bits per heavy atom. The van der Waals surface area contributed by atoms with Gasteiger partial charge in [0.15, 0.2) is 11.5 Å². The van der Waals surface area contributed by atoms with Gasteiger partial charge in [-0.15, -0.1) is 0 Å². The van der Waals surface area contributed by atoms with Crippen LogP contribution in [0.1, 0.15) is 37.3 Å². The molecule has 0 unspecified atom stereocenters. The zero-order valence-electron chi connectivity index (χ0n) is 20.3. The fraction of sp³-hybridized carbons (Fsp3) is 0.370. The molecule has 1 saturated carbocycles. The van der Waals surface area contributed by atoms with Gasteiger partial charge in [0.2, 0.25) is 5.28 Å². The Balaban J connectivity index is 1.69. The molecule has 2 heterocycles. The average molecular weight is 526 g/mol. The van der Waals surface area contributed by atoms with Crippen molar-refractivity contribution in [2.24, 2.45) is 5.92 Å². The van der Waals surface area contributed by atoms with E-state index >= 15 is 0 Å². The first-order valence-electron chi connectivity index (χ1n) is 12.2. The van der Waals surface area contributed by atoms with Crippen LogP contribution in [0.3, 0.4) is 0 Å². The summed E-state index contributed by atoms with van der Waals surface area (Å²) in [5.74, 6) is 2.71. The van der Waals surface area contributed by atoms with Crippen molar-refractivity contribution in [3.8, 4) is 17.1 Å². The van der Waals surface area contributed by atoms with E-state index in [9.17, 15) is 5.11 Å². The van der Waals surface area contributed by atoms with E-state index in [0.29, 0.717) is 53.6 Å². The summed E-state index contributed by atoms with van der Waals surface area (Å²) in [7, 11) is 0. The molecular formula is C27H29Cl2N5O2. The van der Waals surface area contributed by atoms with Crippen molar-refractivity contribution in [3.05, 3.63) is 63.9 Å². The Kier molecular flexibility index (Phi) is 7.32. The van der Waals surface area contributed by atoms with E-state index in [2.05, 4.69) is 32.8 Å². The largest absolute Gasteiger partial charge is 0.493 e. The molecule has 0 amide bonds. The quantitative estimate of drug-likeness (QED) is 0.191. The highest BCUT2D eigenvalue weighted by molar-refractivity contribution is 6.30. The Bertz CT molecular complexity index is 1370. The van der Waals surface area contributed by atoms with Gasteiger partial charge in [0, 0.05) is 30.6 Å². The summed E-state index contributed by atoms with van der Waals surface area (Å²) in [4.78, 5) is 14.0. The molecule has 0 radical (unpaired) electrons. The van der Waals surface area contributed by atoms with E-state index < -0.39 is 0 Å². The second kappa shape index (κ2) is 10.6. The lowest BCUT2D eigenvalue weighted by atomic mass is 10.1. The van der Waals surface area contributed by atoms with Crippen LogP contribution in [0, 0.1) is 12.8 Å². The first-order valence-corrected chi connectivity index (χ1v) is 13.0. The van der Waals surface area contributed by atoms with Crippen LogP contribution in [-0.2, 0) is 6.54 Å². The topological polar surface area (TPSA) is 85.1 Å². The average Bonchev–Trinajstić information content (AvgIpc) is 3.64. The molecule has 0 spiro atoms. The number of ether oxygens (including phenoxy) is 1. The molecule has 0 aliphatic heterocycles. The Labute approximate surface area is 220 Å². The van der Waals surface area contributed by atoms with Crippen molar-refractivity contribution < 1.29 is 9.84 Å². The van der Waals surface area contributed by atoms with Gasteiger partial charge in [-0.05, 0) is 74.0 Å². The second-order valence-electron chi connectivity index (χ2n) is 9.36. The number of fused-ring (bicyclic) bond motifs is 1. The molecule has 1 aliphatic carbocycles. The number of hydrogen-bond acceptors (Lipinski definition) is 6. The normalized spacial score (nSPS) is 14.2. The van der Waals surface area contributed by atoms with Gasteiger partial charge >= 0.3 is 0 Å². The third kappa shape index (κ3) is 5.43. The molecule has 0 saturated heterocycles. The fourth-order valence-corrected chi connectivity index (χ4v) is 4.65. The Morgan fingerprint density at radius 1 is 1.11 bits per heavy atom. The molecule has 5 rings (SSSR count). The molecule has 9 heteroatoms. The summed E-state index contributed by atoms with van der Waals surface area (Å²) < 4.78 is 8.17. The van der Waals surface area contributed by atoms with Gasteiger partial charge < -0.3 is 19.7 Å². The lowest BCUT2D eigenvalue weighted by molar-refractivity contribution is 0.234. The summed E-state index contributed by atoms with van der Waals surface area (Å²) in [6.45, 7) is 5.21. The van der Waals surface area contributed by atoms with Crippen molar-refractivity contribution in [2.75, 3.05) is 18.5 Å². The van der Waals surface area contributed by atoms with E-state index in [-0.39, 0.29) is 17.9 Å². The minimum absolute atomic E-state index is 0.0680. The Hall–Kier alpha value is -2.87. The third-order valence-corrected chi connectivity index (χ3v) is 6.88. The number of rotatable bonds is 10. The summed E-state index contributed by atoms with van der Waals surface area (Å²) in [5, 5.41) is 13.6. The second-order valence-corrected chi connectivity index (χ2v) is 10.1. The first-order chi connectivity index (χ1) is 17.4. The molecule has 1 atom stereocenters. The number of hydrogen-bond donors (Lipinski definition) is 2. The number of nitrogens with zero attached hydrogens (tertiary/aromatic N) is 4. The van der Waals surface area contributed by atoms with Crippen molar-refractivity contribution in [1.82, 2.24) is 19.5 Å². The maximum atomic E-state index is 9.23. The number of aryl methyl sites for hydroxylation is 1. The van der Waals surface area contributed by atoms with Crippen molar-refractivity contribution in [2.45, 2.75) is 45.7 Å². The molecule has 0 bridgehead atoms. The smallest absolute Gasteiger partial charge is 0.226 e. The van der Waals surface area contributed by atoms with E-state index in [0.717, 1.165) is 22.2 Å². The summed E-state index contributed by atoms with van der Waals surface area (Å²) in [5.41, 5.74) is 4.30. The SMILES string of the molecule is Cc1ccc(OCCCO)c(-c2nc3nc(Cl)nc(N[C@H](C)C4CC4)c3n2Cc2ccc(Cl)cc2)c1. The van der Waals surface area contributed by atoms with Crippen LogP contribution < -0.4 is 10.1 Å². The van der Waals surface area contributed by atoms with E-state index in [1.54, 1.807) is 0 Å². The molecule has 2 aromatic heterocycles. The van der Waals surface area contributed by atoms with Gasteiger partial charge in [-0.2, -0.15) is 9.97 Å². The molecule has 7 nitrogen and oxygen atoms in total. The molecule has 1 aliphatic rings. The van der Waals surface area contributed by atoms with Gasteiger partial charge in [0.25, 0.3) is 0 Å². The number of anilines is 1. The molecule has 1 fully saturated rings. The molecule has 4 aromatic rings. The van der Waals surface area contributed by atoms with Crippen LogP contribution in [0.25, 0.3) is 22.6 Å². The summed E-state index contributed by atoms with van der Waals surface area (Å²) in [6.07, 6.45) is 2.97. The zero-order chi connectivity index (χ0) is 25.2. The van der Waals surface area contributed by atoms with Crippen LogP contribution in [-0.4, -0.2) is 43.9 Å². The predicted octanol–water partition coefficient (Wildman–Crippen LogP) is 6.13. The van der Waals surface area contributed by atoms with Crippen molar-refractivity contribution >= 4 is 40.2 Å². The number of aliphatic hydroxyl groups is 1. The molecule has 36 heavy (non-hydrogen) atoms. The predicted molar refractivity (Wildman–Crippen MR) is 144 cm³/mol. The fourth-order valence-electron chi connectivity index (χ4n) is 4.36. The Morgan fingerprint density at radius 2 is 1.89 bits per heavy atom. The monoisotopic (exact) mass is 525 g/mol. The lowest BCUT2D eigenvalue weighted by Crippen LogP contribution is -2.19. The number of nitrogens with one attached hydrogen (secondary N) is 1. The molecular weight excluding hydrogens is 497 g/mol. The van der Waals surface area contributed by atoms with Crippen LogP contribution >= 0.6 is 23.2 Å². The van der Waals surface area contributed by atoms with Crippen molar-refractivity contribution in [1.29, 1.82) is 0 Å². The highest BCUT2D eigenvalue weighted by Gasteiger charge is 2.30. The number of imidazole rings is 1. The van der Waals surface area contributed by atoms with E-state index in [1.165, 1.54) is 12.8 Å². The number of halogens is 2. The maximum Gasteiger partial charge on any atom is 0.226 e. The third-order valence-electron chi connectivity index (χ3n) is 6.46. The summed E-state index contributed by atoms with van der Waals surface area (Å²) >= 11 is 12.5. The number of aliphatic hydroxyl groups excluding tert-OH is 1. The highest BCUT2D eigenvalue weighted by Crippen LogP contribution is 2.38. The zero-order valence-corrected chi connectivity index (χ0v) is 21.9. The molecule has 2 aromatic carbocycles. The minimum Gasteiger partial charge on any atom is -0.493 e. The minimum atomic E-state index is 0.0680. The van der Waals surface area contributed by atoms with Gasteiger partial charge in [0.05, 0.1) is 12.2 Å². The van der Waals surface area contributed by atoms with Crippen LogP contribution in [0.5, 0.6) is 5.75 Å². The standard InChI is InChI=1S/C27H29Cl2N5O2/c1-16-4-11-22(36-13-3-12-35)21(14-16)26-31-25-23(34(26)15-18-5-9-20(28)10-6-18)24(32-27(29)33-25)30-17(2)19-7-8-19/h4-6,9-11,14,17,19,35H,3,7-8,12-13,15H2,1-2H3,(H,30,32,33)/t17-/m1/s1. The van der Waals surface area contributed by atoms with E-state index in [1.807, 2.05) is 43.3 Å². The lowest BCUT2D eigenvalue weighted by Gasteiger charge is -2.17. The van der Waals surface area contributed by atoms with Crippen LogP contribution in [0.2, 0.25) is 10.3 Å². The van der Waals surface area contributed by atoms with Gasteiger partial charge in [-0.3, -0.25) is 0 Å². The molecule has 188 valence electrons. The van der Waals surface area contributed by atoms with Gasteiger partial charge in [-0.25, -0.2) is 4.98 Å². The van der Waals surface area contributed by atoms with Gasteiger partial charge in [-0.1, -0.05) is 35.4 Å². The van der Waals surface area contributed by atoms with Crippen LogP contribution in [0.15, 0.2) is 42.5 Å². The molecule has 2 N–H and O–H groups in total. The van der Waals surface area contributed by atoms with Crippen molar-refractivity contribution in [3.63, 3.8) is 0 Å². The highest BCUT2D eigenvalue weighted by atomic mass is 35.5. The first kappa shape index (κ1) is 24.8. The summed E-state index contributed by atoms with van der Waals surface area (Å²) in [6, 6.07) is 14.0. The van der Waals surface area contributed by atoms with E-state index in [4.69, 9.17) is 32.9 Å². The van der Waals surface area contributed by atoms with Gasteiger partial charge in [0.1, 0.15) is 17.1 Å². The number of benzene rings is 2.